The van der Waals surface area contributed by atoms with E-state index in [1.807, 2.05) is 32.2 Å². The molecule has 0 atom stereocenters. The molecule has 0 unspecified atom stereocenters. The van der Waals surface area contributed by atoms with Crippen LogP contribution in [-0.2, 0) is 6.54 Å². The minimum Gasteiger partial charge on any atom is -0.439 e. The molecule has 1 N–H and O–H groups in total. The summed E-state index contributed by atoms with van der Waals surface area (Å²) in [4.78, 5) is 4.18. The highest BCUT2D eigenvalue weighted by Crippen LogP contribution is 2.28. The molecule has 4 heteroatoms. The number of benzene rings is 1. The highest BCUT2D eigenvalue weighted by Gasteiger charge is 2.09. The number of nitrogens with zero attached hydrogens (tertiary/aromatic N) is 1. The molecule has 2 rings (SSSR count). The predicted octanol–water partition coefficient (Wildman–Crippen LogP) is 3.02. The molecule has 0 bridgehead atoms. The van der Waals surface area contributed by atoms with Crippen molar-refractivity contribution in [2.24, 2.45) is 0 Å². The number of halogens is 1. The fourth-order valence-electron chi connectivity index (χ4n) is 1.54. The molecule has 16 heavy (non-hydrogen) atoms. The lowest BCUT2D eigenvalue weighted by Crippen LogP contribution is -2.04. The van der Waals surface area contributed by atoms with Crippen LogP contribution < -0.4 is 5.32 Å². The normalized spacial score (nSPS) is 10.7. The van der Waals surface area contributed by atoms with Gasteiger partial charge in [-0.2, -0.15) is 0 Å². The van der Waals surface area contributed by atoms with Gasteiger partial charge in [-0.3, -0.25) is 0 Å². The van der Waals surface area contributed by atoms with Crippen LogP contribution in [0.2, 0.25) is 5.02 Å². The SMILES string of the molecule is CNCc1ncc(-c2cccc(Cl)c2C)o1. The van der Waals surface area contributed by atoms with Crippen molar-refractivity contribution in [1.82, 2.24) is 10.3 Å². The average Bonchev–Trinajstić information content (AvgIpc) is 2.71. The Kier molecular flexibility index (Phi) is 3.27. The van der Waals surface area contributed by atoms with E-state index in [9.17, 15) is 0 Å². The third-order valence-corrected chi connectivity index (χ3v) is 2.82. The van der Waals surface area contributed by atoms with Gasteiger partial charge in [0.2, 0.25) is 5.89 Å². The van der Waals surface area contributed by atoms with E-state index in [0.29, 0.717) is 12.4 Å². The summed E-state index contributed by atoms with van der Waals surface area (Å²) in [7, 11) is 1.86. The molecule has 0 aliphatic rings. The minimum absolute atomic E-state index is 0.625. The molecule has 0 fully saturated rings. The van der Waals surface area contributed by atoms with Crippen LogP contribution in [0.1, 0.15) is 11.5 Å². The summed E-state index contributed by atoms with van der Waals surface area (Å²) in [6, 6.07) is 5.75. The van der Waals surface area contributed by atoms with E-state index in [0.717, 1.165) is 21.9 Å². The Morgan fingerprint density at radius 1 is 1.44 bits per heavy atom. The Hall–Kier alpha value is -1.32. The van der Waals surface area contributed by atoms with Crippen LogP contribution in [0.3, 0.4) is 0 Å². The number of oxazole rings is 1. The van der Waals surface area contributed by atoms with Crippen molar-refractivity contribution in [1.29, 1.82) is 0 Å². The van der Waals surface area contributed by atoms with E-state index in [2.05, 4.69) is 10.3 Å². The van der Waals surface area contributed by atoms with Crippen molar-refractivity contribution in [3.8, 4) is 11.3 Å². The highest BCUT2D eigenvalue weighted by atomic mass is 35.5. The number of nitrogens with one attached hydrogen (secondary N) is 1. The van der Waals surface area contributed by atoms with Gasteiger partial charge in [-0.15, -0.1) is 0 Å². The van der Waals surface area contributed by atoms with Gasteiger partial charge in [0.05, 0.1) is 12.7 Å². The molecule has 0 saturated heterocycles. The molecule has 0 radical (unpaired) electrons. The molecule has 3 nitrogen and oxygen atoms in total. The van der Waals surface area contributed by atoms with Crippen molar-refractivity contribution >= 4 is 11.6 Å². The van der Waals surface area contributed by atoms with E-state index in [1.54, 1.807) is 6.20 Å². The van der Waals surface area contributed by atoms with Gasteiger partial charge in [0.15, 0.2) is 5.76 Å². The molecule has 0 spiro atoms. The fraction of sp³-hybridized carbons (Fsp3) is 0.250. The first-order valence-corrected chi connectivity index (χ1v) is 5.45. The quantitative estimate of drug-likeness (QED) is 0.890. The number of hydrogen-bond acceptors (Lipinski definition) is 3. The first-order valence-electron chi connectivity index (χ1n) is 5.07. The summed E-state index contributed by atoms with van der Waals surface area (Å²) >= 11 is 6.06. The zero-order valence-electron chi connectivity index (χ0n) is 9.25. The van der Waals surface area contributed by atoms with Crippen LogP contribution in [0.4, 0.5) is 0 Å². The summed E-state index contributed by atoms with van der Waals surface area (Å²) in [5, 5.41) is 3.73. The maximum atomic E-state index is 6.06. The summed E-state index contributed by atoms with van der Waals surface area (Å²) in [5.41, 5.74) is 2.00. The lowest BCUT2D eigenvalue weighted by molar-refractivity contribution is 0.490. The van der Waals surface area contributed by atoms with Gasteiger partial charge in [-0.25, -0.2) is 4.98 Å². The Morgan fingerprint density at radius 3 is 3.00 bits per heavy atom. The largest absolute Gasteiger partial charge is 0.439 e. The molecule has 1 aromatic heterocycles. The monoisotopic (exact) mass is 236 g/mol. The minimum atomic E-state index is 0.625. The third-order valence-electron chi connectivity index (χ3n) is 2.41. The number of rotatable bonds is 3. The topological polar surface area (TPSA) is 38.1 Å². The predicted molar refractivity (Wildman–Crippen MR) is 64.4 cm³/mol. The van der Waals surface area contributed by atoms with Gasteiger partial charge in [0, 0.05) is 10.6 Å². The van der Waals surface area contributed by atoms with E-state index in [4.69, 9.17) is 16.0 Å². The number of hydrogen-bond donors (Lipinski definition) is 1. The molecular weight excluding hydrogens is 224 g/mol. The number of aromatic nitrogens is 1. The fourth-order valence-corrected chi connectivity index (χ4v) is 1.72. The Labute approximate surface area is 99.5 Å². The zero-order valence-corrected chi connectivity index (χ0v) is 10.0. The average molecular weight is 237 g/mol. The Bertz CT molecular complexity index is 494. The van der Waals surface area contributed by atoms with Crippen molar-refractivity contribution in [2.45, 2.75) is 13.5 Å². The van der Waals surface area contributed by atoms with Gasteiger partial charge in [0.1, 0.15) is 0 Å². The Morgan fingerprint density at radius 2 is 2.25 bits per heavy atom. The first kappa shape index (κ1) is 11.2. The summed E-state index contributed by atoms with van der Waals surface area (Å²) in [6.07, 6.45) is 1.73. The van der Waals surface area contributed by atoms with E-state index >= 15 is 0 Å². The van der Waals surface area contributed by atoms with E-state index in [1.165, 1.54) is 0 Å². The molecule has 1 aromatic carbocycles. The maximum Gasteiger partial charge on any atom is 0.208 e. The molecule has 0 aliphatic heterocycles. The van der Waals surface area contributed by atoms with Gasteiger partial charge in [0.25, 0.3) is 0 Å². The van der Waals surface area contributed by atoms with E-state index < -0.39 is 0 Å². The van der Waals surface area contributed by atoms with Crippen LogP contribution in [0, 0.1) is 6.92 Å². The second-order valence-electron chi connectivity index (χ2n) is 3.56. The molecular formula is C12H13ClN2O. The van der Waals surface area contributed by atoms with E-state index in [-0.39, 0.29) is 0 Å². The lowest BCUT2D eigenvalue weighted by Gasteiger charge is -2.03. The van der Waals surface area contributed by atoms with Crippen molar-refractivity contribution in [3.05, 3.63) is 40.9 Å². The zero-order chi connectivity index (χ0) is 11.5. The molecule has 0 saturated carbocycles. The van der Waals surface area contributed by atoms with Crippen LogP contribution in [0.25, 0.3) is 11.3 Å². The van der Waals surface area contributed by atoms with Crippen LogP contribution in [-0.4, -0.2) is 12.0 Å². The maximum absolute atomic E-state index is 6.06. The lowest BCUT2D eigenvalue weighted by atomic mass is 10.1. The molecule has 1 heterocycles. The van der Waals surface area contributed by atoms with Gasteiger partial charge < -0.3 is 9.73 Å². The second kappa shape index (κ2) is 4.68. The third kappa shape index (κ3) is 2.10. The summed E-state index contributed by atoms with van der Waals surface area (Å²) in [5.74, 6) is 1.43. The van der Waals surface area contributed by atoms with Gasteiger partial charge in [-0.1, -0.05) is 23.7 Å². The molecule has 2 aromatic rings. The first-order chi connectivity index (χ1) is 7.72. The van der Waals surface area contributed by atoms with Crippen molar-refractivity contribution in [3.63, 3.8) is 0 Å². The Balaban J connectivity index is 2.39. The summed E-state index contributed by atoms with van der Waals surface area (Å²) < 4.78 is 5.61. The highest BCUT2D eigenvalue weighted by molar-refractivity contribution is 6.31. The van der Waals surface area contributed by atoms with Crippen molar-refractivity contribution < 1.29 is 4.42 Å². The standard InChI is InChI=1S/C12H13ClN2O/c1-8-9(4-3-5-10(8)13)11-6-15-12(16-11)7-14-2/h3-6,14H,7H2,1-2H3. The van der Waals surface area contributed by atoms with Gasteiger partial charge in [-0.05, 0) is 25.6 Å². The van der Waals surface area contributed by atoms with Crippen molar-refractivity contribution in [2.75, 3.05) is 7.05 Å². The van der Waals surface area contributed by atoms with Crippen LogP contribution in [0.5, 0.6) is 0 Å². The summed E-state index contributed by atoms with van der Waals surface area (Å²) in [6.45, 7) is 2.59. The van der Waals surface area contributed by atoms with Gasteiger partial charge >= 0.3 is 0 Å². The second-order valence-corrected chi connectivity index (χ2v) is 3.97. The smallest absolute Gasteiger partial charge is 0.208 e. The van der Waals surface area contributed by atoms with Crippen LogP contribution in [0.15, 0.2) is 28.8 Å². The molecule has 0 aliphatic carbocycles. The molecule has 0 amide bonds. The molecule has 84 valence electrons. The van der Waals surface area contributed by atoms with Crippen LogP contribution >= 0.6 is 11.6 Å².